The van der Waals surface area contributed by atoms with Crippen molar-refractivity contribution in [3.63, 3.8) is 0 Å². The second-order valence-corrected chi connectivity index (χ2v) is 8.67. The number of methoxy groups -OCH3 is 2. The predicted molar refractivity (Wildman–Crippen MR) is 126 cm³/mol. The van der Waals surface area contributed by atoms with Crippen molar-refractivity contribution < 1.29 is 22.7 Å². The van der Waals surface area contributed by atoms with Crippen LogP contribution in [0.2, 0.25) is 5.02 Å². The molecule has 0 aromatic heterocycles. The first-order valence-electron chi connectivity index (χ1n) is 9.40. The number of anilines is 2. The van der Waals surface area contributed by atoms with Crippen molar-refractivity contribution in [3.05, 3.63) is 83.4 Å². The normalized spacial score (nSPS) is 11.2. The molecule has 0 unspecified atom stereocenters. The van der Waals surface area contributed by atoms with Gasteiger partial charge in [0, 0.05) is 17.8 Å². The SMILES string of the molecule is COc1cc(/C=C/C(=O)Nc2cccc(S(=O)(=O)Nc3ccccc3Cl)c2)cc(OC)c1. The van der Waals surface area contributed by atoms with Crippen LogP contribution in [0.5, 0.6) is 11.5 Å². The molecule has 0 atom stereocenters. The van der Waals surface area contributed by atoms with Crippen LogP contribution in [-0.4, -0.2) is 28.5 Å². The Labute approximate surface area is 191 Å². The fourth-order valence-electron chi connectivity index (χ4n) is 2.77. The van der Waals surface area contributed by atoms with E-state index in [4.69, 9.17) is 21.1 Å². The van der Waals surface area contributed by atoms with Crippen molar-refractivity contribution in [2.75, 3.05) is 24.3 Å². The minimum atomic E-state index is -3.90. The lowest BCUT2D eigenvalue weighted by Gasteiger charge is -2.11. The number of hydrogen-bond donors (Lipinski definition) is 2. The van der Waals surface area contributed by atoms with Gasteiger partial charge in [-0.1, -0.05) is 29.8 Å². The van der Waals surface area contributed by atoms with Gasteiger partial charge < -0.3 is 14.8 Å². The van der Waals surface area contributed by atoms with Gasteiger partial charge in [0.05, 0.1) is 29.8 Å². The number of nitrogens with one attached hydrogen (secondary N) is 2. The molecule has 1 amide bonds. The summed E-state index contributed by atoms with van der Waals surface area (Å²) in [4.78, 5) is 12.3. The van der Waals surface area contributed by atoms with Gasteiger partial charge in [0.1, 0.15) is 11.5 Å². The van der Waals surface area contributed by atoms with E-state index < -0.39 is 15.9 Å². The molecule has 3 aromatic rings. The number of carbonyl (C=O) groups excluding carboxylic acids is 1. The highest BCUT2D eigenvalue weighted by atomic mass is 35.5. The van der Waals surface area contributed by atoms with Crippen LogP contribution in [0.15, 0.2) is 77.7 Å². The molecule has 2 N–H and O–H groups in total. The first kappa shape index (κ1) is 23.2. The molecule has 32 heavy (non-hydrogen) atoms. The second kappa shape index (κ2) is 10.2. The van der Waals surface area contributed by atoms with E-state index in [9.17, 15) is 13.2 Å². The second-order valence-electron chi connectivity index (χ2n) is 6.58. The molecule has 0 saturated carbocycles. The molecule has 0 radical (unpaired) electrons. The predicted octanol–water partition coefficient (Wildman–Crippen LogP) is 4.81. The number of halogens is 1. The van der Waals surface area contributed by atoms with Crippen LogP contribution in [0.3, 0.4) is 0 Å². The molecule has 0 fully saturated rings. The summed E-state index contributed by atoms with van der Waals surface area (Å²) < 4.78 is 38.3. The van der Waals surface area contributed by atoms with Gasteiger partial charge in [-0.05, 0) is 54.1 Å². The van der Waals surface area contributed by atoms with E-state index >= 15 is 0 Å². The van der Waals surface area contributed by atoms with Crippen LogP contribution in [0, 0.1) is 0 Å². The molecule has 0 heterocycles. The molecule has 0 saturated heterocycles. The van der Waals surface area contributed by atoms with Crippen molar-refractivity contribution in [1.29, 1.82) is 0 Å². The van der Waals surface area contributed by atoms with Crippen molar-refractivity contribution in [1.82, 2.24) is 0 Å². The van der Waals surface area contributed by atoms with Crippen molar-refractivity contribution >= 4 is 45.0 Å². The smallest absolute Gasteiger partial charge is 0.262 e. The van der Waals surface area contributed by atoms with Gasteiger partial charge in [0.25, 0.3) is 10.0 Å². The van der Waals surface area contributed by atoms with Crippen LogP contribution >= 0.6 is 11.6 Å². The lowest BCUT2D eigenvalue weighted by molar-refractivity contribution is -0.111. The van der Waals surface area contributed by atoms with Crippen molar-refractivity contribution in [2.24, 2.45) is 0 Å². The third kappa shape index (κ3) is 6.03. The average Bonchev–Trinajstić information content (AvgIpc) is 2.79. The maximum atomic E-state index is 12.7. The van der Waals surface area contributed by atoms with Crippen LogP contribution < -0.4 is 19.5 Å². The topological polar surface area (TPSA) is 93.7 Å². The zero-order valence-electron chi connectivity index (χ0n) is 17.3. The summed E-state index contributed by atoms with van der Waals surface area (Å²) in [6.07, 6.45) is 2.93. The molecular formula is C23H21ClN2O5S. The molecule has 0 aliphatic rings. The van der Waals surface area contributed by atoms with Gasteiger partial charge in [-0.15, -0.1) is 0 Å². The molecule has 0 bridgehead atoms. The standard InChI is InChI=1S/C23H21ClN2O5S/c1-30-18-12-16(13-19(15-18)31-2)10-11-23(27)25-17-6-5-7-20(14-17)32(28,29)26-22-9-4-3-8-21(22)24/h3-15,26H,1-2H3,(H,25,27)/b11-10+. The molecule has 9 heteroatoms. The largest absolute Gasteiger partial charge is 0.497 e. The number of ether oxygens (including phenoxy) is 2. The van der Waals surface area contributed by atoms with Crippen LogP contribution in [0.4, 0.5) is 11.4 Å². The van der Waals surface area contributed by atoms with E-state index in [0.717, 1.165) is 0 Å². The van der Waals surface area contributed by atoms with E-state index in [1.165, 1.54) is 38.5 Å². The van der Waals surface area contributed by atoms with Gasteiger partial charge in [0.15, 0.2) is 0 Å². The molecule has 0 aliphatic carbocycles. The monoisotopic (exact) mass is 472 g/mol. The Morgan fingerprint density at radius 1 is 0.938 bits per heavy atom. The Hall–Kier alpha value is -3.49. The Morgan fingerprint density at radius 2 is 1.62 bits per heavy atom. The third-order valence-electron chi connectivity index (χ3n) is 4.33. The number of rotatable bonds is 8. The van der Waals surface area contributed by atoms with Crippen LogP contribution in [0.1, 0.15) is 5.56 Å². The Bertz CT molecular complexity index is 1240. The summed E-state index contributed by atoms with van der Waals surface area (Å²) in [6.45, 7) is 0. The van der Waals surface area contributed by atoms with Gasteiger partial charge in [-0.2, -0.15) is 0 Å². The first-order chi connectivity index (χ1) is 15.3. The molecule has 3 rings (SSSR count). The van der Waals surface area contributed by atoms with E-state index in [1.807, 2.05) is 0 Å². The molecule has 166 valence electrons. The van der Waals surface area contributed by atoms with Crippen LogP contribution in [-0.2, 0) is 14.8 Å². The molecule has 0 aliphatic heterocycles. The van der Waals surface area contributed by atoms with Gasteiger partial charge >= 0.3 is 0 Å². The molecule has 7 nitrogen and oxygen atoms in total. The average molecular weight is 473 g/mol. The van der Waals surface area contributed by atoms with Crippen molar-refractivity contribution in [2.45, 2.75) is 4.90 Å². The summed E-state index contributed by atoms with van der Waals surface area (Å²) in [5, 5.41) is 2.93. The number of para-hydroxylation sites is 1. The Kier molecular flexibility index (Phi) is 7.40. The van der Waals surface area contributed by atoms with Gasteiger partial charge in [0.2, 0.25) is 5.91 Å². The zero-order chi connectivity index (χ0) is 23.1. The summed E-state index contributed by atoms with van der Waals surface area (Å²) >= 11 is 6.03. The zero-order valence-corrected chi connectivity index (χ0v) is 18.9. The number of hydrogen-bond acceptors (Lipinski definition) is 5. The number of amides is 1. The quantitative estimate of drug-likeness (QED) is 0.459. The number of sulfonamides is 1. The highest BCUT2D eigenvalue weighted by molar-refractivity contribution is 7.92. The summed E-state index contributed by atoms with van der Waals surface area (Å²) in [6, 6.07) is 17.6. The fourth-order valence-corrected chi connectivity index (χ4v) is 4.13. The Morgan fingerprint density at radius 3 is 2.28 bits per heavy atom. The van der Waals surface area contributed by atoms with Crippen molar-refractivity contribution in [3.8, 4) is 11.5 Å². The van der Waals surface area contributed by atoms with E-state index in [2.05, 4.69) is 10.0 Å². The Balaban J connectivity index is 1.74. The summed E-state index contributed by atoms with van der Waals surface area (Å²) in [5.74, 6) is 0.752. The minimum Gasteiger partial charge on any atom is -0.497 e. The number of carbonyl (C=O) groups is 1. The van der Waals surface area contributed by atoms with E-state index in [0.29, 0.717) is 22.7 Å². The molecular weight excluding hydrogens is 452 g/mol. The molecule has 3 aromatic carbocycles. The number of benzene rings is 3. The highest BCUT2D eigenvalue weighted by Crippen LogP contribution is 2.25. The lowest BCUT2D eigenvalue weighted by atomic mass is 10.2. The first-order valence-corrected chi connectivity index (χ1v) is 11.3. The lowest BCUT2D eigenvalue weighted by Crippen LogP contribution is -2.14. The highest BCUT2D eigenvalue weighted by Gasteiger charge is 2.16. The van der Waals surface area contributed by atoms with Gasteiger partial charge in [-0.3, -0.25) is 9.52 Å². The van der Waals surface area contributed by atoms with Crippen LogP contribution in [0.25, 0.3) is 6.08 Å². The summed E-state index contributed by atoms with van der Waals surface area (Å²) in [7, 11) is -0.820. The van der Waals surface area contributed by atoms with Gasteiger partial charge in [-0.25, -0.2) is 8.42 Å². The fraction of sp³-hybridized carbons (Fsp3) is 0.0870. The third-order valence-corrected chi connectivity index (χ3v) is 6.02. The molecule has 0 spiro atoms. The summed E-state index contributed by atoms with van der Waals surface area (Å²) in [5.41, 5.74) is 1.29. The maximum Gasteiger partial charge on any atom is 0.262 e. The maximum absolute atomic E-state index is 12.7. The minimum absolute atomic E-state index is 0.0169. The van der Waals surface area contributed by atoms with E-state index in [-0.39, 0.29) is 15.6 Å². The van der Waals surface area contributed by atoms with E-state index in [1.54, 1.807) is 54.6 Å².